The first kappa shape index (κ1) is 20.9. The van der Waals surface area contributed by atoms with E-state index in [1.54, 1.807) is 12.1 Å². The van der Waals surface area contributed by atoms with E-state index < -0.39 is 17.4 Å². The minimum Gasteiger partial charge on any atom is -0.443 e. The van der Waals surface area contributed by atoms with Crippen LogP contribution < -0.4 is 11.5 Å². The van der Waals surface area contributed by atoms with Gasteiger partial charge in [-0.05, 0) is 44.1 Å². The molecule has 2 aromatic carbocycles. The highest BCUT2D eigenvalue weighted by Crippen LogP contribution is 2.41. The predicted molar refractivity (Wildman–Crippen MR) is 106 cm³/mol. The Morgan fingerprint density at radius 1 is 1.07 bits per heavy atom. The maximum atomic E-state index is 14.4. The first-order valence-corrected chi connectivity index (χ1v) is 9.53. The maximum absolute atomic E-state index is 14.4. The quantitative estimate of drug-likeness (QED) is 0.710. The monoisotopic (exact) mass is 402 g/mol. The Morgan fingerprint density at radius 3 is 2.48 bits per heavy atom. The molecule has 1 aliphatic rings. The van der Waals surface area contributed by atoms with Crippen LogP contribution in [-0.4, -0.2) is 29.9 Å². The van der Waals surface area contributed by atoms with Gasteiger partial charge in [0.15, 0.2) is 0 Å². The van der Waals surface area contributed by atoms with Crippen LogP contribution in [-0.2, 0) is 15.3 Å². The number of amides is 1. The van der Waals surface area contributed by atoms with E-state index in [-0.39, 0.29) is 23.8 Å². The number of halogens is 2. The Hall–Kier alpha value is -2.84. The van der Waals surface area contributed by atoms with Crippen molar-refractivity contribution in [2.75, 3.05) is 13.1 Å². The number of nitrogens with zero attached hydrogens (tertiary/aromatic N) is 2. The van der Waals surface area contributed by atoms with Crippen molar-refractivity contribution in [3.63, 3.8) is 0 Å². The molecule has 0 saturated carbocycles. The van der Waals surface area contributed by atoms with Crippen LogP contribution in [0.4, 0.5) is 8.78 Å². The number of hydrogen-bond donors (Lipinski definition) is 2. The Balaban J connectivity index is 2.10. The van der Waals surface area contributed by atoms with Crippen molar-refractivity contribution < 1.29 is 18.3 Å². The van der Waals surface area contributed by atoms with E-state index in [2.05, 4.69) is 5.10 Å². The molecule has 0 saturated heterocycles. The number of ether oxygens (including phenoxy) is 1. The van der Waals surface area contributed by atoms with E-state index in [1.165, 1.54) is 5.01 Å². The van der Waals surface area contributed by atoms with Gasteiger partial charge in [-0.3, -0.25) is 4.79 Å². The largest absolute Gasteiger partial charge is 0.443 e. The molecule has 1 amide bonds. The fourth-order valence-corrected chi connectivity index (χ4v) is 3.30. The standard InChI is InChI=1S/C21H24F2N4O2/c22-16-9-10-18(23)17(14-16)20-26-27(19(28)8-4-12-24)21(29-20,11-5-13-25)15-6-2-1-3-7-15/h1-3,6-7,9-10,14H,4-5,8,11-13,24-25H2. The summed E-state index contributed by atoms with van der Waals surface area (Å²) in [6, 6.07) is 12.1. The molecule has 1 atom stereocenters. The van der Waals surface area contributed by atoms with Gasteiger partial charge in [-0.15, -0.1) is 5.10 Å². The summed E-state index contributed by atoms with van der Waals surface area (Å²) in [6.45, 7) is 0.711. The maximum Gasteiger partial charge on any atom is 0.246 e. The highest BCUT2D eigenvalue weighted by molar-refractivity contribution is 5.97. The Labute approximate surface area is 168 Å². The summed E-state index contributed by atoms with van der Waals surface area (Å²) in [5, 5.41) is 5.52. The normalized spacial score (nSPS) is 18.5. The number of hydrazone groups is 1. The molecular formula is C21H24F2N4O2. The first-order valence-electron chi connectivity index (χ1n) is 9.53. The molecule has 0 aliphatic carbocycles. The van der Waals surface area contributed by atoms with Gasteiger partial charge in [-0.25, -0.2) is 8.78 Å². The third kappa shape index (κ3) is 4.28. The summed E-state index contributed by atoms with van der Waals surface area (Å²) in [6.07, 6.45) is 1.49. The lowest BCUT2D eigenvalue weighted by molar-refractivity contribution is -0.152. The second-order valence-electron chi connectivity index (χ2n) is 6.77. The molecule has 1 aliphatic heterocycles. The molecule has 4 N–H and O–H groups in total. The Bertz CT molecular complexity index is 892. The number of rotatable bonds is 8. The smallest absolute Gasteiger partial charge is 0.246 e. The Kier molecular flexibility index (Phi) is 6.56. The third-order valence-electron chi connectivity index (χ3n) is 4.73. The van der Waals surface area contributed by atoms with Gasteiger partial charge in [0.1, 0.15) is 11.6 Å². The van der Waals surface area contributed by atoms with Gasteiger partial charge in [0.25, 0.3) is 0 Å². The van der Waals surface area contributed by atoms with E-state index >= 15 is 0 Å². The summed E-state index contributed by atoms with van der Waals surface area (Å²) in [4.78, 5) is 13.0. The van der Waals surface area contributed by atoms with E-state index in [0.717, 1.165) is 18.2 Å². The number of carbonyl (C=O) groups excluding carboxylic acids is 1. The molecule has 6 nitrogen and oxygen atoms in total. The van der Waals surface area contributed by atoms with Crippen molar-refractivity contribution in [3.8, 4) is 0 Å². The van der Waals surface area contributed by atoms with Crippen LogP contribution in [0.15, 0.2) is 53.6 Å². The van der Waals surface area contributed by atoms with E-state index in [0.29, 0.717) is 37.9 Å². The summed E-state index contributed by atoms with van der Waals surface area (Å²) in [5.74, 6) is -1.79. The highest BCUT2D eigenvalue weighted by Gasteiger charge is 2.49. The topological polar surface area (TPSA) is 93.9 Å². The number of hydrogen-bond acceptors (Lipinski definition) is 5. The summed E-state index contributed by atoms with van der Waals surface area (Å²) >= 11 is 0. The lowest BCUT2D eigenvalue weighted by Crippen LogP contribution is -2.45. The van der Waals surface area contributed by atoms with E-state index in [1.807, 2.05) is 18.2 Å². The average Bonchev–Trinajstić information content (AvgIpc) is 3.13. The van der Waals surface area contributed by atoms with Gasteiger partial charge in [-0.1, -0.05) is 30.3 Å². The summed E-state index contributed by atoms with van der Waals surface area (Å²) in [5.41, 5.74) is 10.5. The molecule has 3 rings (SSSR count). The molecule has 29 heavy (non-hydrogen) atoms. The van der Waals surface area contributed by atoms with Crippen LogP contribution >= 0.6 is 0 Å². The molecule has 0 spiro atoms. The molecule has 8 heteroatoms. The van der Waals surface area contributed by atoms with Crippen LogP contribution in [0.3, 0.4) is 0 Å². The van der Waals surface area contributed by atoms with Gasteiger partial charge < -0.3 is 16.2 Å². The third-order valence-corrected chi connectivity index (χ3v) is 4.73. The van der Waals surface area contributed by atoms with E-state index in [4.69, 9.17) is 16.2 Å². The van der Waals surface area contributed by atoms with E-state index in [9.17, 15) is 13.6 Å². The fraction of sp³-hybridized carbons (Fsp3) is 0.333. The lowest BCUT2D eigenvalue weighted by Gasteiger charge is -2.35. The van der Waals surface area contributed by atoms with Crippen molar-refractivity contribution in [3.05, 3.63) is 71.3 Å². The molecule has 0 bridgehead atoms. The molecule has 0 radical (unpaired) electrons. The van der Waals surface area contributed by atoms with Gasteiger partial charge >= 0.3 is 0 Å². The van der Waals surface area contributed by atoms with Crippen LogP contribution in [0.5, 0.6) is 0 Å². The molecule has 154 valence electrons. The second kappa shape index (κ2) is 9.11. The Morgan fingerprint density at radius 2 is 1.79 bits per heavy atom. The molecule has 1 unspecified atom stereocenters. The number of benzene rings is 2. The van der Waals surface area contributed by atoms with Crippen molar-refractivity contribution in [1.29, 1.82) is 0 Å². The summed E-state index contributed by atoms with van der Waals surface area (Å²) < 4.78 is 34.3. The average molecular weight is 402 g/mol. The van der Waals surface area contributed by atoms with Crippen LogP contribution in [0, 0.1) is 11.6 Å². The predicted octanol–water partition coefficient (Wildman–Crippen LogP) is 2.82. The van der Waals surface area contributed by atoms with Gasteiger partial charge in [0.2, 0.25) is 17.5 Å². The number of nitrogens with two attached hydrogens (primary N) is 2. The van der Waals surface area contributed by atoms with Crippen LogP contribution in [0.1, 0.15) is 36.8 Å². The molecule has 0 fully saturated rings. The second-order valence-corrected chi connectivity index (χ2v) is 6.77. The highest BCUT2D eigenvalue weighted by atomic mass is 19.1. The van der Waals surface area contributed by atoms with Crippen LogP contribution in [0.25, 0.3) is 0 Å². The number of carbonyl (C=O) groups is 1. The van der Waals surface area contributed by atoms with Crippen molar-refractivity contribution in [2.24, 2.45) is 16.6 Å². The van der Waals surface area contributed by atoms with Crippen molar-refractivity contribution in [2.45, 2.75) is 31.4 Å². The lowest BCUT2D eigenvalue weighted by atomic mass is 9.96. The zero-order valence-corrected chi connectivity index (χ0v) is 16.0. The first-order chi connectivity index (χ1) is 14.0. The van der Waals surface area contributed by atoms with Crippen molar-refractivity contribution in [1.82, 2.24) is 5.01 Å². The summed E-state index contributed by atoms with van der Waals surface area (Å²) in [7, 11) is 0. The fourth-order valence-electron chi connectivity index (χ4n) is 3.30. The van der Waals surface area contributed by atoms with Crippen LogP contribution in [0.2, 0.25) is 0 Å². The van der Waals surface area contributed by atoms with Gasteiger partial charge in [0.05, 0.1) is 5.56 Å². The van der Waals surface area contributed by atoms with Gasteiger partial charge in [0, 0.05) is 18.4 Å². The zero-order chi connectivity index (χ0) is 20.9. The molecule has 0 aromatic heterocycles. The zero-order valence-electron chi connectivity index (χ0n) is 16.0. The molecular weight excluding hydrogens is 378 g/mol. The van der Waals surface area contributed by atoms with Gasteiger partial charge in [-0.2, -0.15) is 5.01 Å². The molecule has 2 aromatic rings. The molecule has 1 heterocycles. The SMILES string of the molecule is NCCCC(=O)N1N=C(c2cc(F)ccc2F)OC1(CCCN)c1ccccc1. The van der Waals surface area contributed by atoms with Crippen molar-refractivity contribution >= 4 is 11.8 Å². The minimum atomic E-state index is -1.29. The minimum absolute atomic E-state index is 0.146.